The van der Waals surface area contributed by atoms with Crippen LogP contribution in [-0.4, -0.2) is 7.05 Å². The van der Waals surface area contributed by atoms with Crippen LogP contribution in [0.1, 0.15) is 42.7 Å². The first-order valence-electron chi connectivity index (χ1n) is 9.96. The molecule has 3 aromatic carbocycles. The number of hydrogen-bond acceptors (Lipinski definition) is 2. The van der Waals surface area contributed by atoms with Gasteiger partial charge in [0.25, 0.3) is 0 Å². The second-order valence-electron chi connectivity index (χ2n) is 7.89. The van der Waals surface area contributed by atoms with E-state index in [2.05, 4.69) is 79.5 Å². The third kappa shape index (κ3) is 2.80. The highest BCUT2D eigenvalue weighted by molar-refractivity contribution is 6.07. The van der Waals surface area contributed by atoms with Crippen molar-refractivity contribution in [3.05, 3.63) is 71.8 Å². The van der Waals surface area contributed by atoms with Gasteiger partial charge in [-0.15, -0.1) is 0 Å². The van der Waals surface area contributed by atoms with Crippen LogP contribution in [-0.2, 0) is 0 Å². The van der Waals surface area contributed by atoms with Crippen molar-refractivity contribution in [2.24, 2.45) is 0 Å². The van der Waals surface area contributed by atoms with E-state index in [0.717, 1.165) is 16.9 Å². The van der Waals surface area contributed by atoms with Crippen molar-refractivity contribution in [2.75, 3.05) is 11.9 Å². The molecular weight excluding hydrogens is 330 g/mol. The minimum absolute atomic E-state index is 0.656. The van der Waals surface area contributed by atoms with E-state index in [-0.39, 0.29) is 0 Å². The number of anilines is 2. The molecule has 0 atom stereocenters. The molecule has 1 aliphatic rings. The largest absolute Gasteiger partial charge is 0.456 e. The third-order valence-corrected chi connectivity index (χ3v) is 6.08. The zero-order valence-electron chi connectivity index (χ0n) is 16.0. The zero-order valence-corrected chi connectivity index (χ0v) is 16.0. The van der Waals surface area contributed by atoms with Crippen LogP contribution in [0.4, 0.5) is 11.4 Å². The van der Waals surface area contributed by atoms with Gasteiger partial charge in [0, 0.05) is 35.3 Å². The fraction of sp³-hybridized carbons (Fsp3) is 0.280. The topological polar surface area (TPSA) is 16.4 Å². The third-order valence-electron chi connectivity index (χ3n) is 6.08. The molecule has 0 radical (unpaired) electrons. The summed E-state index contributed by atoms with van der Waals surface area (Å²) in [6.45, 7) is 2.13. The number of aryl methyl sites for hydroxylation is 1. The van der Waals surface area contributed by atoms with E-state index in [9.17, 15) is 0 Å². The highest BCUT2D eigenvalue weighted by Crippen LogP contribution is 2.41. The van der Waals surface area contributed by atoms with Crippen LogP contribution in [0.2, 0.25) is 0 Å². The van der Waals surface area contributed by atoms with Crippen LogP contribution in [0.5, 0.6) is 0 Å². The van der Waals surface area contributed by atoms with E-state index in [1.807, 2.05) is 0 Å². The van der Waals surface area contributed by atoms with Crippen molar-refractivity contribution in [3.63, 3.8) is 0 Å². The molecule has 0 N–H and O–H groups in total. The summed E-state index contributed by atoms with van der Waals surface area (Å²) in [7, 11) is 2.11. The number of benzene rings is 3. The van der Waals surface area contributed by atoms with Crippen molar-refractivity contribution in [1.29, 1.82) is 0 Å². The van der Waals surface area contributed by atoms with E-state index in [1.165, 1.54) is 53.3 Å². The van der Waals surface area contributed by atoms with Gasteiger partial charge in [-0.25, -0.2) is 0 Å². The summed E-state index contributed by atoms with van der Waals surface area (Å²) in [4.78, 5) is 2.22. The van der Waals surface area contributed by atoms with Gasteiger partial charge in [0.15, 0.2) is 0 Å². The number of nitrogens with zero attached hydrogens (tertiary/aromatic N) is 1. The Balaban J connectivity index is 1.61. The highest BCUT2D eigenvalue weighted by Gasteiger charge is 2.22. The first-order chi connectivity index (χ1) is 13.2. The Morgan fingerprint density at radius 1 is 0.852 bits per heavy atom. The lowest BCUT2D eigenvalue weighted by Gasteiger charge is -2.19. The van der Waals surface area contributed by atoms with Crippen molar-refractivity contribution in [3.8, 4) is 0 Å². The molecule has 2 nitrogen and oxygen atoms in total. The maximum absolute atomic E-state index is 6.42. The molecule has 2 heteroatoms. The number of rotatable bonds is 3. The van der Waals surface area contributed by atoms with Crippen LogP contribution >= 0.6 is 0 Å². The summed E-state index contributed by atoms with van der Waals surface area (Å²) in [5.74, 6) is 0.656. The molecule has 0 saturated heterocycles. The van der Waals surface area contributed by atoms with E-state index in [1.54, 1.807) is 0 Å². The Bertz CT molecular complexity index is 1120. The Hall–Kier alpha value is -2.74. The first-order valence-corrected chi connectivity index (χ1v) is 9.96. The number of para-hydroxylation sites is 1. The zero-order chi connectivity index (χ0) is 18.4. The lowest BCUT2D eigenvalue weighted by molar-refractivity contribution is 0.643. The lowest BCUT2D eigenvalue weighted by Crippen LogP contribution is -2.09. The van der Waals surface area contributed by atoms with E-state index < -0.39 is 0 Å². The van der Waals surface area contributed by atoms with Crippen molar-refractivity contribution in [1.82, 2.24) is 0 Å². The van der Waals surface area contributed by atoms with Gasteiger partial charge in [0.1, 0.15) is 11.2 Å². The van der Waals surface area contributed by atoms with Gasteiger partial charge < -0.3 is 9.32 Å². The molecule has 0 aliphatic heterocycles. The molecule has 1 aromatic heterocycles. The number of furan rings is 1. The van der Waals surface area contributed by atoms with E-state index in [0.29, 0.717) is 5.92 Å². The Labute approximate surface area is 160 Å². The Morgan fingerprint density at radius 3 is 2.44 bits per heavy atom. The van der Waals surface area contributed by atoms with Gasteiger partial charge in [0.05, 0.1) is 0 Å². The van der Waals surface area contributed by atoms with Gasteiger partial charge in [-0.1, -0.05) is 43.2 Å². The Kier molecular flexibility index (Phi) is 3.93. The van der Waals surface area contributed by atoms with Gasteiger partial charge in [-0.2, -0.15) is 0 Å². The summed E-state index contributed by atoms with van der Waals surface area (Å²) in [6.07, 6.45) is 5.26. The SMILES string of the molecule is Cc1cccc(N(C)c2ccc3c(c2)oc2c(C4CCCC4)cccc23)c1. The molecule has 1 saturated carbocycles. The first kappa shape index (κ1) is 16.4. The maximum Gasteiger partial charge on any atom is 0.138 e. The smallest absolute Gasteiger partial charge is 0.138 e. The van der Waals surface area contributed by atoms with Gasteiger partial charge in [-0.05, 0) is 61.1 Å². The quantitative estimate of drug-likeness (QED) is 0.383. The van der Waals surface area contributed by atoms with Crippen LogP contribution in [0, 0.1) is 6.92 Å². The molecule has 136 valence electrons. The minimum Gasteiger partial charge on any atom is -0.456 e. The van der Waals surface area contributed by atoms with Crippen LogP contribution in [0.25, 0.3) is 21.9 Å². The molecule has 1 aliphatic carbocycles. The average Bonchev–Trinajstić information content (AvgIpc) is 3.34. The summed E-state index contributed by atoms with van der Waals surface area (Å²) >= 11 is 0. The molecule has 0 spiro atoms. The monoisotopic (exact) mass is 355 g/mol. The fourth-order valence-corrected chi connectivity index (χ4v) is 4.56. The number of hydrogen-bond donors (Lipinski definition) is 0. The Morgan fingerprint density at radius 2 is 1.63 bits per heavy atom. The van der Waals surface area contributed by atoms with Gasteiger partial charge >= 0.3 is 0 Å². The van der Waals surface area contributed by atoms with Crippen molar-refractivity contribution in [2.45, 2.75) is 38.5 Å². The molecule has 1 fully saturated rings. The normalized spacial score (nSPS) is 15.0. The predicted molar refractivity (Wildman–Crippen MR) is 114 cm³/mol. The summed E-state index contributed by atoms with van der Waals surface area (Å²) < 4.78 is 6.42. The molecule has 1 heterocycles. The molecule has 0 bridgehead atoms. The molecule has 0 amide bonds. The second kappa shape index (κ2) is 6.45. The fourth-order valence-electron chi connectivity index (χ4n) is 4.56. The van der Waals surface area contributed by atoms with Gasteiger partial charge in [-0.3, -0.25) is 0 Å². The predicted octanol–water partition coefficient (Wildman–Crippen LogP) is 7.32. The van der Waals surface area contributed by atoms with E-state index >= 15 is 0 Å². The second-order valence-corrected chi connectivity index (χ2v) is 7.89. The standard InChI is InChI=1S/C25H25NO/c1-17-7-5-10-19(15-17)26(2)20-13-14-22-23-12-6-11-21(18-8-3-4-9-18)25(23)27-24(22)16-20/h5-7,10-16,18H,3-4,8-9H2,1-2H3. The van der Waals surface area contributed by atoms with Crippen LogP contribution in [0.3, 0.4) is 0 Å². The lowest BCUT2D eigenvalue weighted by atomic mass is 9.95. The van der Waals surface area contributed by atoms with Crippen LogP contribution in [0.15, 0.2) is 65.1 Å². The maximum atomic E-state index is 6.42. The molecule has 27 heavy (non-hydrogen) atoms. The minimum atomic E-state index is 0.656. The summed E-state index contributed by atoms with van der Waals surface area (Å²) in [6, 6.07) is 21.8. The van der Waals surface area contributed by atoms with Crippen molar-refractivity contribution < 1.29 is 4.42 Å². The number of fused-ring (bicyclic) bond motifs is 3. The van der Waals surface area contributed by atoms with Crippen LogP contribution < -0.4 is 4.90 Å². The highest BCUT2D eigenvalue weighted by atomic mass is 16.3. The molecule has 4 aromatic rings. The summed E-state index contributed by atoms with van der Waals surface area (Å²) in [5, 5.41) is 2.46. The van der Waals surface area contributed by atoms with Gasteiger partial charge in [0.2, 0.25) is 0 Å². The summed E-state index contributed by atoms with van der Waals surface area (Å²) in [5.41, 5.74) is 7.08. The van der Waals surface area contributed by atoms with Crippen molar-refractivity contribution >= 4 is 33.3 Å². The molecule has 5 rings (SSSR count). The molecular formula is C25H25NO. The van der Waals surface area contributed by atoms with E-state index in [4.69, 9.17) is 4.42 Å². The molecule has 0 unspecified atom stereocenters. The average molecular weight is 355 g/mol.